The molecule has 0 aliphatic rings. The summed E-state index contributed by atoms with van der Waals surface area (Å²) >= 11 is 18.3. The van der Waals surface area contributed by atoms with Crippen molar-refractivity contribution in [1.29, 1.82) is 0 Å². The molecule has 2 heterocycles. The molecule has 0 atom stereocenters. The topological polar surface area (TPSA) is 28.7 Å². The molecule has 2 nitrogen and oxygen atoms in total. The molecule has 0 saturated carbocycles. The van der Waals surface area contributed by atoms with Gasteiger partial charge in [-0.05, 0) is 11.6 Å². The molecule has 90 valence electrons. The molecule has 3 rings (SSSR count). The summed E-state index contributed by atoms with van der Waals surface area (Å²) in [6.45, 7) is 0. The highest BCUT2D eigenvalue weighted by molar-refractivity contribution is 6.42. The molecule has 0 bridgehead atoms. The van der Waals surface area contributed by atoms with Crippen LogP contribution in [-0.2, 0) is 0 Å². The van der Waals surface area contributed by atoms with Crippen LogP contribution in [0.15, 0.2) is 36.4 Å². The second-order valence-corrected chi connectivity index (χ2v) is 4.96. The third-order valence-electron chi connectivity index (χ3n) is 2.71. The van der Waals surface area contributed by atoms with Gasteiger partial charge in [0.15, 0.2) is 5.15 Å². The number of fused-ring (bicyclic) bond motifs is 1. The number of pyridine rings is 1. The number of hydrogen-bond acceptors (Lipinski definition) is 1. The van der Waals surface area contributed by atoms with Crippen LogP contribution in [-0.4, -0.2) is 9.97 Å². The summed E-state index contributed by atoms with van der Waals surface area (Å²) < 4.78 is 0. The molecule has 0 aliphatic heterocycles. The van der Waals surface area contributed by atoms with Crippen LogP contribution in [0.3, 0.4) is 0 Å². The van der Waals surface area contributed by atoms with E-state index in [1.54, 1.807) is 6.07 Å². The highest BCUT2D eigenvalue weighted by atomic mass is 35.5. The Bertz CT molecular complexity index is 720. The SMILES string of the molecule is Clc1cc2c(Cl)c(-c3ccccc3)[nH]c2c(Cl)n1. The van der Waals surface area contributed by atoms with Gasteiger partial charge in [0.25, 0.3) is 0 Å². The van der Waals surface area contributed by atoms with Crippen molar-refractivity contribution in [3.8, 4) is 11.3 Å². The van der Waals surface area contributed by atoms with Crippen molar-refractivity contribution < 1.29 is 0 Å². The highest BCUT2D eigenvalue weighted by Gasteiger charge is 2.14. The van der Waals surface area contributed by atoms with Gasteiger partial charge in [0.1, 0.15) is 5.15 Å². The van der Waals surface area contributed by atoms with E-state index in [9.17, 15) is 0 Å². The second-order valence-electron chi connectivity index (χ2n) is 3.84. The Balaban J connectivity index is 2.33. The Morgan fingerprint density at radius 3 is 2.44 bits per heavy atom. The number of nitrogens with zero attached hydrogens (tertiary/aromatic N) is 1. The Kier molecular flexibility index (Phi) is 2.94. The quantitative estimate of drug-likeness (QED) is 0.615. The molecular weight excluding hydrogens is 291 g/mol. The van der Waals surface area contributed by atoms with Gasteiger partial charge in [0.2, 0.25) is 0 Å². The minimum Gasteiger partial charge on any atom is -0.351 e. The van der Waals surface area contributed by atoms with Gasteiger partial charge in [-0.3, -0.25) is 0 Å². The first-order valence-corrected chi connectivity index (χ1v) is 6.39. The molecule has 0 unspecified atom stereocenters. The number of aromatic nitrogens is 2. The lowest BCUT2D eigenvalue weighted by Crippen LogP contribution is -1.79. The van der Waals surface area contributed by atoms with Gasteiger partial charge in [0, 0.05) is 5.39 Å². The Morgan fingerprint density at radius 2 is 1.72 bits per heavy atom. The second kappa shape index (κ2) is 4.47. The van der Waals surface area contributed by atoms with Crippen LogP contribution in [0.5, 0.6) is 0 Å². The lowest BCUT2D eigenvalue weighted by Gasteiger charge is -1.97. The minimum atomic E-state index is 0.321. The largest absolute Gasteiger partial charge is 0.351 e. The lowest BCUT2D eigenvalue weighted by atomic mass is 10.1. The Hall–Kier alpha value is -1.22. The van der Waals surface area contributed by atoms with E-state index in [1.807, 2.05) is 30.3 Å². The van der Waals surface area contributed by atoms with E-state index < -0.39 is 0 Å². The van der Waals surface area contributed by atoms with E-state index in [4.69, 9.17) is 34.8 Å². The number of H-pyrrole nitrogens is 1. The highest BCUT2D eigenvalue weighted by Crippen LogP contribution is 2.37. The number of benzene rings is 1. The maximum atomic E-state index is 6.36. The first kappa shape index (κ1) is 11.8. The van der Waals surface area contributed by atoms with Gasteiger partial charge in [-0.15, -0.1) is 0 Å². The van der Waals surface area contributed by atoms with E-state index in [0.29, 0.717) is 20.8 Å². The monoisotopic (exact) mass is 296 g/mol. The zero-order chi connectivity index (χ0) is 12.7. The molecule has 0 aliphatic carbocycles. The van der Waals surface area contributed by atoms with E-state index >= 15 is 0 Å². The maximum absolute atomic E-state index is 6.36. The summed E-state index contributed by atoms with van der Waals surface area (Å²) in [5, 5.41) is 2.03. The number of aromatic amines is 1. The molecule has 2 aromatic heterocycles. The van der Waals surface area contributed by atoms with Gasteiger partial charge in [-0.2, -0.15) is 0 Å². The third kappa shape index (κ3) is 1.87. The van der Waals surface area contributed by atoms with Gasteiger partial charge in [0.05, 0.1) is 16.2 Å². The summed E-state index contributed by atoms with van der Waals surface area (Å²) in [5.41, 5.74) is 2.51. The summed E-state index contributed by atoms with van der Waals surface area (Å²) in [7, 11) is 0. The Morgan fingerprint density at radius 1 is 1.00 bits per heavy atom. The molecule has 1 aromatic carbocycles. The van der Waals surface area contributed by atoms with Crippen LogP contribution in [0.2, 0.25) is 15.3 Å². The van der Waals surface area contributed by atoms with Crippen molar-refractivity contribution in [3.05, 3.63) is 51.7 Å². The van der Waals surface area contributed by atoms with E-state index in [2.05, 4.69) is 9.97 Å². The average molecular weight is 298 g/mol. The van der Waals surface area contributed by atoms with Crippen molar-refractivity contribution in [2.75, 3.05) is 0 Å². The predicted molar refractivity (Wildman–Crippen MR) is 76.6 cm³/mol. The lowest BCUT2D eigenvalue weighted by molar-refractivity contribution is 1.34. The van der Waals surface area contributed by atoms with Crippen molar-refractivity contribution in [2.45, 2.75) is 0 Å². The summed E-state index contributed by atoms with van der Waals surface area (Å²) in [6, 6.07) is 11.5. The first-order chi connectivity index (χ1) is 8.66. The minimum absolute atomic E-state index is 0.321. The summed E-state index contributed by atoms with van der Waals surface area (Å²) in [4.78, 5) is 7.18. The molecule has 0 saturated heterocycles. The molecule has 0 amide bonds. The smallest absolute Gasteiger partial charge is 0.154 e. The van der Waals surface area contributed by atoms with E-state index in [1.165, 1.54) is 0 Å². The standard InChI is InChI=1S/C13H7Cl3N2/c14-9-6-8-10(15)11(7-4-2-1-3-5-7)18-12(8)13(16)17-9/h1-6,18H. The van der Waals surface area contributed by atoms with E-state index in [-0.39, 0.29) is 0 Å². The predicted octanol–water partition coefficient (Wildman–Crippen LogP) is 5.19. The van der Waals surface area contributed by atoms with E-state index in [0.717, 1.165) is 16.6 Å². The number of nitrogens with one attached hydrogen (secondary N) is 1. The van der Waals surface area contributed by atoms with Crippen LogP contribution in [0.25, 0.3) is 22.2 Å². The molecule has 3 aromatic rings. The molecule has 18 heavy (non-hydrogen) atoms. The Labute approximate surface area is 119 Å². The van der Waals surface area contributed by atoms with Gasteiger partial charge < -0.3 is 4.98 Å². The van der Waals surface area contributed by atoms with Gasteiger partial charge >= 0.3 is 0 Å². The zero-order valence-corrected chi connectivity index (χ0v) is 11.3. The van der Waals surface area contributed by atoms with Gasteiger partial charge in [-0.25, -0.2) is 4.98 Å². The zero-order valence-electron chi connectivity index (χ0n) is 9.05. The third-order valence-corrected chi connectivity index (χ3v) is 3.57. The number of rotatable bonds is 1. The molecule has 0 fully saturated rings. The van der Waals surface area contributed by atoms with Gasteiger partial charge in [-0.1, -0.05) is 65.1 Å². The van der Waals surface area contributed by atoms with Crippen LogP contribution in [0.4, 0.5) is 0 Å². The number of halogens is 3. The fourth-order valence-corrected chi connectivity index (χ4v) is 2.68. The normalized spacial score (nSPS) is 11.1. The molecule has 0 radical (unpaired) electrons. The molecule has 5 heteroatoms. The summed E-state index contributed by atoms with van der Waals surface area (Å²) in [6.07, 6.45) is 0. The fraction of sp³-hybridized carbons (Fsp3) is 0. The van der Waals surface area contributed by atoms with Crippen LogP contribution in [0.1, 0.15) is 0 Å². The number of hydrogen-bond donors (Lipinski definition) is 1. The van der Waals surface area contributed by atoms with Crippen LogP contribution in [0, 0.1) is 0 Å². The van der Waals surface area contributed by atoms with Crippen molar-refractivity contribution >= 4 is 45.7 Å². The average Bonchev–Trinajstić information content (AvgIpc) is 2.69. The van der Waals surface area contributed by atoms with Crippen molar-refractivity contribution in [3.63, 3.8) is 0 Å². The molecular formula is C13H7Cl3N2. The van der Waals surface area contributed by atoms with Crippen molar-refractivity contribution in [2.24, 2.45) is 0 Å². The molecule has 0 spiro atoms. The summed E-state index contributed by atoms with van der Waals surface area (Å²) in [5.74, 6) is 0. The van der Waals surface area contributed by atoms with Crippen LogP contribution >= 0.6 is 34.8 Å². The first-order valence-electron chi connectivity index (χ1n) is 5.25. The molecule has 1 N–H and O–H groups in total. The van der Waals surface area contributed by atoms with Crippen molar-refractivity contribution in [1.82, 2.24) is 9.97 Å². The fourth-order valence-electron chi connectivity index (χ4n) is 1.89. The van der Waals surface area contributed by atoms with Crippen LogP contribution < -0.4 is 0 Å². The maximum Gasteiger partial charge on any atom is 0.154 e.